The molecule has 0 unspecified atom stereocenters. The first-order valence-electron chi connectivity index (χ1n) is 8.65. The van der Waals surface area contributed by atoms with Gasteiger partial charge < -0.3 is 15.4 Å². The first-order valence-corrected chi connectivity index (χ1v) is 8.65. The van der Waals surface area contributed by atoms with Crippen molar-refractivity contribution in [1.82, 2.24) is 9.78 Å². The molecule has 7 nitrogen and oxygen atoms in total. The third-order valence-corrected chi connectivity index (χ3v) is 4.11. The molecule has 0 radical (unpaired) electrons. The predicted molar refractivity (Wildman–Crippen MR) is 104 cm³/mol. The van der Waals surface area contributed by atoms with E-state index in [2.05, 4.69) is 15.7 Å². The number of methoxy groups -OCH3 is 1. The van der Waals surface area contributed by atoms with E-state index in [1.165, 1.54) is 54.4 Å². The number of hydrogen-bond acceptors (Lipinski definition) is 4. The van der Waals surface area contributed by atoms with Gasteiger partial charge in [-0.1, -0.05) is 0 Å². The Kier molecular flexibility index (Phi) is 5.77. The number of amides is 2. The number of alkyl halides is 3. The molecule has 30 heavy (non-hydrogen) atoms. The minimum Gasteiger partial charge on any atom is -0.479 e. The monoisotopic (exact) mass is 418 g/mol. The van der Waals surface area contributed by atoms with Crippen molar-refractivity contribution in [3.63, 3.8) is 0 Å². The highest BCUT2D eigenvalue weighted by atomic mass is 19.4. The fraction of sp³-hybridized carbons (Fsp3) is 0.150. The molecule has 0 atom stereocenters. The molecule has 10 heteroatoms. The number of nitrogens with zero attached hydrogens (tertiary/aromatic N) is 2. The Labute approximate surface area is 169 Å². The van der Waals surface area contributed by atoms with E-state index in [0.717, 1.165) is 12.1 Å². The van der Waals surface area contributed by atoms with E-state index in [0.29, 0.717) is 5.69 Å². The summed E-state index contributed by atoms with van der Waals surface area (Å²) in [6.45, 7) is 0. The van der Waals surface area contributed by atoms with Crippen molar-refractivity contribution in [2.45, 2.75) is 6.18 Å². The van der Waals surface area contributed by atoms with Gasteiger partial charge in [-0.15, -0.1) is 5.10 Å². The maximum atomic E-state index is 12.6. The van der Waals surface area contributed by atoms with Crippen molar-refractivity contribution in [3.8, 4) is 5.88 Å². The van der Waals surface area contributed by atoms with E-state index >= 15 is 0 Å². The number of aryl methyl sites for hydroxylation is 1. The molecule has 2 aromatic carbocycles. The lowest BCUT2D eigenvalue weighted by Crippen LogP contribution is -2.14. The summed E-state index contributed by atoms with van der Waals surface area (Å²) in [7, 11) is 3.06. The molecular weight excluding hydrogens is 401 g/mol. The van der Waals surface area contributed by atoms with Gasteiger partial charge in [0.2, 0.25) is 5.88 Å². The van der Waals surface area contributed by atoms with Crippen LogP contribution in [0, 0.1) is 0 Å². The van der Waals surface area contributed by atoms with E-state index in [1.807, 2.05) is 0 Å². The van der Waals surface area contributed by atoms with Crippen molar-refractivity contribution < 1.29 is 27.5 Å². The number of carbonyl (C=O) groups excluding carboxylic acids is 2. The quantitative estimate of drug-likeness (QED) is 0.657. The number of carbonyl (C=O) groups is 2. The average molecular weight is 418 g/mol. The second-order valence-electron chi connectivity index (χ2n) is 6.29. The van der Waals surface area contributed by atoms with Crippen LogP contribution < -0.4 is 15.4 Å². The Morgan fingerprint density at radius 2 is 1.47 bits per heavy atom. The van der Waals surface area contributed by atoms with Crippen LogP contribution in [0.25, 0.3) is 0 Å². The van der Waals surface area contributed by atoms with Gasteiger partial charge >= 0.3 is 6.18 Å². The van der Waals surface area contributed by atoms with Crippen molar-refractivity contribution in [2.75, 3.05) is 17.7 Å². The molecule has 1 aromatic heterocycles. The van der Waals surface area contributed by atoms with E-state index in [-0.39, 0.29) is 22.7 Å². The van der Waals surface area contributed by atoms with Crippen LogP contribution in [0.4, 0.5) is 24.5 Å². The largest absolute Gasteiger partial charge is 0.479 e. The van der Waals surface area contributed by atoms with Gasteiger partial charge in [-0.05, 0) is 48.5 Å². The van der Waals surface area contributed by atoms with E-state index in [1.54, 1.807) is 7.05 Å². The molecule has 0 aliphatic heterocycles. The third kappa shape index (κ3) is 4.77. The number of benzene rings is 2. The summed E-state index contributed by atoms with van der Waals surface area (Å²) in [5.74, 6) is -0.744. The van der Waals surface area contributed by atoms with Crippen molar-refractivity contribution in [2.24, 2.45) is 7.05 Å². The molecule has 0 aliphatic carbocycles. The molecule has 3 aromatic rings. The first kappa shape index (κ1) is 20.9. The molecule has 0 aliphatic rings. The van der Waals surface area contributed by atoms with Crippen LogP contribution in [0.2, 0.25) is 0 Å². The number of halogens is 3. The normalized spacial score (nSPS) is 11.1. The number of aromatic nitrogens is 2. The SMILES string of the molecule is COc1nn(C)cc1C(=O)Nc1ccc(C(=O)Nc2ccc(C(F)(F)F)cc2)cc1. The zero-order valence-electron chi connectivity index (χ0n) is 15.9. The van der Waals surface area contributed by atoms with Gasteiger partial charge in [0, 0.05) is 30.2 Å². The molecular formula is C20H17F3N4O3. The molecule has 1 heterocycles. The summed E-state index contributed by atoms with van der Waals surface area (Å²) >= 11 is 0. The molecule has 2 amide bonds. The Bertz CT molecular complexity index is 1060. The predicted octanol–water partition coefficient (Wildman–Crippen LogP) is 3.95. The third-order valence-electron chi connectivity index (χ3n) is 4.11. The zero-order valence-corrected chi connectivity index (χ0v) is 15.9. The van der Waals surface area contributed by atoms with Gasteiger partial charge in [0.05, 0.1) is 12.7 Å². The van der Waals surface area contributed by atoms with Gasteiger partial charge in [-0.2, -0.15) is 13.2 Å². The maximum Gasteiger partial charge on any atom is 0.416 e. The van der Waals surface area contributed by atoms with Crippen LogP contribution in [0.5, 0.6) is 5.88 Å². The summed E-state index contributed by atoms with van der Waals surface area (Å²) < 4.78 is 44.3. The maximum absolute atomic E-state index is 12.6. The average Bonchev–Trinajstić information content (AvgIpc) is 3.09. The molecule has 156 valence electrons. The van der Waals surface area contributed by atoms with Gasteiger partial charge in [0.25, 0.3) is 11.8 Å². The minimum atomic E-state index is -4.44. The fourth-order valence-corrected chi connectivity index (χ4v) is 2.62. The van der Waals surface area contributed by atoms with Gasteiger partial charge in [0.1, 0.15) is 5.56 Å². The minimum absolute atomic E-state index is 0.183. The van der Waals surface area contributed by atoms with E-state index in [9.17, 15) is 22.8 Å². The number of hydrogen-bond donors (Lipinski definition) is 2. The Hall–Kier alpha value is -3.82. The van der Waals surface area contributed by atoms with Crippen LogP contribution in [-0.2, 0) is 13.2 Å². The summed E-state index contributed by atoms with van der Waals surface area (Å²) in [4.78, 5) is 24.7. The molecule has 0 bridgehead atoms. The lowest BCUT2D eigenvalue weighted by atomic mass is 10.1. The van der Waals surface area contributed by atoms with Crippen molar-refractivity contribution in [3.05, 3.63) is 71.4 Å². The number of rotatable bonds is 5. The smallest absolute Gasteiger partial charge is 0.416 e. The molecule has 0 saturated heterocycles. The molecule has 3 rings (SSSR count). The van der Waals surface area contributed by atoms with Gasteiger partial charge in [-0.25, -0.2) is 0 Å². The molecule has 0 fully saturated rings. The standard InChI is InChI=1S/C20H17F3N4O3/c1-27-11-16(19(26-27)30-2)18(29)25-14-7-3-12(4-8-14)17(28)24-15-9-5-13(6-10-15)20(21,22)23/h3-11H,1-2H3,(H,24,28)(H,25,29). The van der Waals surface area contributed by atoms with Crippen LogP contribution >= 0.6 is 0 Å². The summed E-state index contributed by atoms with van der Waals surface area (Å²) in [5.41, 5.74) is 0.396. The fourth-order valence-electron chi connectivity index (χ4n) is 2.62. The number of ether oxygens (including phenoxy) is 1. The highest BCUT2D eigenvalue weighted by Crippen LogP contribution is 2.30. The summed E-state index contributed by atoms with van der Waals surface area (Å²) in [5, 5.41) is 9.20. The van der Waals surface area contributed by atoms with Gasteiger partial charge in [-0.3, -0.25) is 14.3 Å². The molecule has 2 N–H and O–H groups in total. The zero-order chi connectivity index (χ0) is 21.9. The lowest BCUT2D eigenvalue weighted by molar-refractivity contribution is -0.137. The van der Waals surface area contributed by atoms with Crippen LogP contribution in [0.3, 0.4) is 0 Å². The van der Waals surface area contributed by atoms with Gasteiger partial charge in [0.15, 0.2) is 0 Å². The number of anilines is 2. The van der Waals surface area contributed by atoms with Crippen LogP contribution in [0.1, 0.15) is 26.3 Å². The topological polar surface area (TPSA) is 85.2 Å². The second-order valence-corrected chi connectivity index (χ2v) is 6.29. The highest BCUT2D eigenvalue weighted by Gasteiger charge is 2.30. The first-order chi connectivity index (χ1) is 14.2. The van der Waals surface area contributed by atoms with E-state index in [4.69, 9.17) is 4.74 Å². The van der Waals surface area contributed by atoms with Crippen LogP contribution in [-0.4, -0.2) is 28.7 Å². The Balaban J connectivity index is 1.65. The number of nitrogens with one attached hydrogen (secondary N) is 2. The summed E-state index contributed by atoms with van der Waals surface area (Å²) in [6, 6.07) is 10.2. The van der Waals surface area contributed by atoms with Crippen molar-refractivity contribution >= 4 is 23.2 Å². The second kappa shape index (κ2) is 8.27. The van der Waals surface area contributed by atoms with E-state index < -0.39 is 23.6 Å². The summed E-state index contributed by atoms with van der Waals surface area (Å²) in [6.07, 6.45) is -2.93. The van der Waals surface area contributed by atoms with Crippen molar-refractivity contribution in [1.29, 1.82) is 0 Å². The Morgan fingerprint density at radius 1 is 0.933 bits per heavy atom. The molecule has 0 saturated carbocycles. The highest BCUT2D eigenvalue weighted by molar-refractivity contribution is 6.07. The Morgan fingerprint density at radius 3 is 2.00 bits per heavy atom. The van der Waals surface area contributed by atoms with Crippen LogP contribution in [0.15, 0.2) is 54.7 Å². The molecule has 0 spiro atoms. The lowest BCUT2D eigenvalue weighted by Gasteiger charge is -2.09.